The Hall–Kier alpha value is 0.395. The summed E-state index contributed by atoms with van der Waals surface area (Å²) in [6.45, 7) is 0. The van der Waals surface area contributed by atoms with Gasteiger partial charge in [-0.15, -0.1) is 0 Å². The molecular weight excluding hydrogens is 233 g/mol. The summed E-state index contributed by atoms with van der Waals surface area (Å²) in [6, 6.07) is -5.09. The van der Waals surface area contributed by atoms with E-state index in [1.165, 1.54) is 0 Å². The predicted molar refractivity (Wildman–Crippen MR) is 12.2 cm³/mol. The fourth-order valence-corrected chi connectivity index (χ4v) is 0. The van der Waals surface area contributed by atoms with Crippen LogP contribution in [-0.4, -0.2) is 12.1 Å². The van der Waals surface area contributed by atoms with Crippen LogP contribution in [0.3, 0.4) is 0 Å². The van der Waals surface area contributed by atoms with Gasteiger partial charge in [0.1, 0.15) is 0 Å². The van der Waals surface area contributed by atoms with Gasteiger partial charge in [0.25, 0.3) is 0 Å². The second-order valence-corrected chi connectivity index (χ2v) is 0.547. The van der Waals surface area contributed by atoms with E-state index < -0.39 is 12.1 Å². The van der Waals surface area contributed by atoms with Gasteiger partial charge < -0.3 is 0 Å². The van der Waals surface area contributed by atoms with E-state index in [2.05, 4.69) is 0 Å². The van der Waals surface area contributed by atoms with Crippen molar-refractivity contribution in [2.75, 3.05) is 0 Å². The van der Waals surface area contributed by atoms with E-state index in [0.29, 0.717) is 0 Å². The first-order valence-corrected chi connectivity index (χ1v) is 1.04. The molecule has 0 aromatic heterocycles. The van der Waals surface area contributed by atoms with E-state index in [4.69, 9.17) is 9.59 Å². The summed E-state index contributed by atoms with van der Waals surface area (Å²) >= 11 is 0. The number of hydrogen-bond donors (Lipinski definition) is 0. The minimum Gasteiger partial charge on any atom is -0.249 e. The largest absolute Gasteiger partial charge is 0.401 e. The summed E-state index contributed by atoms with van der Waals surface area (Å²) in [7, 11) is 0. The van der Waals surface area contributed by atoms with Crippen LogP contribution in [-0.2, 0) is 9.59 Å². The van der Waals surface area contributed by atoms with E-state index in [9.17, 15) is 8.78 Å². The van der Waals surface area contributed by atoms with E-state index >= 15 is 0 Å². The summed E-state index contributed by atoms with van der Waals surface area (Å²) in [5, 5.41) is 0. The quantitative estimate of drug-likeness (QED) is 0.471. The first-order valence-electron chi connectivity index (χ1n) is 1.04. The number of halogens is 2. The third-order valence-electron chi connectivity index (χ3n) is 0.155. The Bertz CT molecular complexity index is 79.7. The van der Waals surface area contributed by atoms with Gasteiger partial charge in [0.05, 0.1) is 0 Å². The molecule has 0 aromatic carbocycles. The number of rotatable bonds is 1. The van der Waals surface area contributed by atoms with Crippen LogP contribution in [0.15, 0.2) is 0 Å². The monoisotopic (exact) mass is 233 g/mol. The average Bonchev–Trinajstić information content (AvgIpc) is 1.36. The standard InChI is InChI=1S/C2F2O2.La/c3-1(5)2(4)6;. The first-order chi connectivity index (χ1) is 2.64. The van der Waals surface area contributed by atoms with Crippen molar-refractivity contribution >= 4 is 12.1 Å². The van der Waals surface area contributed by atoms with Gasteiger partial charge in [-0.3, -0.25) is 0 Å². The third kappa shape index (κ3) is 6.39. The fourth-order valence-electron chi connectivity index (χ4n) is 0. The molecule has 2 nitrogen and oxygen atoms in total. The van der Waals surface area contributed by atoms with Crippen molar-refractivity contribution in [3.05, 3.63) is 0 Å². The zero-order valence-electron chi connectivity index (χ0n) is 3.15. The molecule has 0 saturated heterocycles. The topological polar surface area (TPSA) is 34.1 Å². The second kappa shape index (κ2) is 4.55. The molecule has 0 rings (SSSR count). The van der Waals surface area contributed by atoms with Crippen LogP contribution < -0.4 is 0 Å². The summed E-state index contributed by atoms with van der Waals surface area (Å²) in [6.07, 6.45) is 0. The van der Waals surface area contributed by atoms with E-state index in [-0.39, 0.29) is 35.6 Å². The Morgan fingerprint density at radius 3 is 1.14 bits per heavy atom. The molecule has 0 saturated carbocycles. The van der Waals surface area contributed by atoms with Crippen molar-refractivity contribution < 1.29 is 54.0 Å². The maximum Gasteiger partial charge on any atom is 0.401 e. The van der Waals surface area contributed by atoms with Crippen LogP contribution in [0.2, 0.25) is 0 Å². The Morgan fingerprint density at radius 2 is 1.14 bits per heavy atom. The molecule has 0 aliphatic heterocycles. The number of hydrogen-bond acceptors (Lipinski definition) is 2. The van der Waals surface area contributed by atoms with Crippen LogP contribution in [0.1, 0.15) is 0 Å². The van der Waals surface area contributed by atoms with Crippen LogP contribution in [0.4, 0.5) is 8.78 Å². The van der Waals surface area contributed by atoms with Gasteiger partial charge in [0.2, 0.25) is 0 Å². The maximum absolute atomic E-state index is 10.5. The van der Waals surface area contributed by atoms with Gasteiger partial charge in [0, 0.05) is 35.6 Å². The maximum atomic E-state index is 10.5. The number of carbonyl (C=O) groups is 2. The second-order valence-electron chi connectivity index (χ2n) is 0.547. The van der Waals surface area contributed by atoms with Crippen LogP contribution in [0.25, 0.3) is 0 Å². The van der Waals surface area contributed by atoms with Gasteiger partial charge >= 0.3 is 12.1 Å². The van der Waals surface area contributed by atoms with Crippen molar-refractivity contribution in [1.82, 2.24) is 0 Å². The zero-order chi connectivity index (χ0) is 5.15. The Morgan fingerprint density at radius 1 is 1.00 bits per heavy atom. The van der Waals surface area contributed by atoms with Gasteiger partial charge in [-0.25, -0.2) is 9.59 Å². The molecule has 0 aliphatic rings. The molecule has 0 atom stereocenters. The molecule has 0 aromatic rings. The molecule has 5 heteroatoms. The zero-order valence-corrected chi connectivity index (χ0v) is 6.78. The molecule has 37 valence electrons. The molecular formula is C2F2LaO2. The normalized spacial score (nSPS) is 6.57. The molecule has 0 heterocycles. The van der Waals surface area contributed by atoms with Crippen LogP contribution >= 0.6 is 0 Å². The minimum atomic E-state index is -2.55. The van der Waals surface area contributed by atoms with Crippen molar-refractivity contribution in [2.45, 2.75) is 0 Å². The molecule has 0 spiro atoms. The molecule has 1 radical (unpaired) electrons. The predicted octanol–water partition coefficient (Wildman–Crippen LogP) is -0.0214. The Kier molecular flexibility index (Phi) is 6.76. The summed E-state index contributed by atoms with van der Waals surface area (Å²) in [5.41, 5.74) is 0. The Labute approximate surface area is 65.9 Å². The van der Waals surface area contributed by atoms with E-state index in [1.54, 1.807) is 0 Å². The minimum absolute atomic E-state index is 0. The van der Waals surface area contributed by atoms with E-state index in [1.807, 2.05) is 0 Å². The van der Waals surface area contributed by atoms with Crippen molar-refractivity contribution in [3.8, 4) is 0 Å². The molecule has 0 N–H and O–H groups in total. The van der Waals surface area contributed by atoms with Gasteiger partial charge in [-0.05, 0) is 0 Å². The Balaban J connectivity index is 0. The molecule has 0 unspecified atom stereocenters. The van der Waals surface area contributed by atoms with Crippen LogP contribution in [0, 0.1) is 35.6 Å². The summed E-state index contributed by atoms with van der Waals surface area (Å²) < 4.78 is 20.9. The molecule has 0 bridgehead atoms. The van der Waals surface area contributed by atoms with Gasteiger partial charge in [-0.2, -0.15) is 8.78 Å². The third-order valence-corrected chi connectivity index (χ3v) is 0.155. The molecule has 0 aliphatic carbocycles. The average molecular weight is 233 g/mol. The van der Waals surface area contributed by atoms with Crippen molar-refractivity contribution in [2.24, 2.45) is 0 Å². The fraction of sp³-hybridized carbons (Fsp3) is 0. The molecule has 0 amide bonds. The summed E-state index contributed by atoms with van der Waals surface area (Å²) in [4.78, 5) is 17.5. The molecule has 0 fully saturated rings. The SMILES string of the molecule is O=C(F)C(=O)F.[La]. The van der Waals surface area contributed by atoms with Crippen LogP contribution in [0.5, 0.6) is 0 Å². The van der Waals surface area contributed by atoms with Crippen molar-refractivity contribution in [1.29, 1.82) is 0 Å². The van der Waals surface area contributed by atoms with Crippen molar-refractivity contribution in [3.63, 3.8) is 0 Å². The molecule has 7 heavy (non-hydrogen) atoms. The smallest absolute Gasteiger partial charge is 0.249 e. The number of carbonyl (C=O) groups excluding carboxylic acids is 2. The summed E-state index contributed by atoms with van der Waals surface area (Å²) in [5.74, 6) is 0. The van der Waals surface area contributed by atoms with Gasteiger partial charge in [0.15, 0.2) is 0 Å². The first kappa shape index (κ1) is 10.4. The van der Waals surface area contributed by atoms with E-state index in [0.717, 1.165) is 0 Å². The van der Waals surface area contributed by atoms with Gasteiger partial charge in [-0.1, -0.05) is 0 Å².